The topological polar surface area (TPSA) is 26.3 Å². The number of halogens is 2. The van der Waals surface area contributed by atoms with Crippen molar-refractivity contribution in [1.82, 2.24) is 0 Å². The molecule has 0 aliphatic heterocycles. The minimum Gasteiger partial charge on any atom is -0.465 e. The minimum absolute atomic E-state index is 0.132. The summed E-state index contributed by atoms with van der Waals surface area (Å²) in [5.74, 6) is -4.91. The summed E-state index contributed by atoms with van der Waals surface area (Å²) >= 11 is 0. The largest absolute Gasteiger partial charge is 0.465 e. The van der Waals surface area contributed by atoms with Crippen LogP contribution in [0.3, 0.4) is 0 Å². The van der Waals surface area contributed by atoms with E-state index in [1.54, 1.807) is 6.07 Å². The van der Waals surface area contributed by atoms with Crippen LogP contribution in [0.1, 0.15) is 12.0 Å². The number of esters is 1. The van der Waals surface area contributed by atoms with Gasteiger partial charge in [-0.2, -0.15) is 8.78 Å². The molecule has 0 aliphatic rings. The van der Waals surface area contributed by atoms with E-state index in [-0.39, 0.29) is 6.42 Å². The van der Waals surface area contributed by atoms with Crippen molar-refractivity contribution in [3.05, 3.63) is 48.0 Å². The van der Waals surface area contributed by atoms with E-state index in [2.05, 4.69) is 4.74 Å². The zero-order valence-corrected chi connectivity index (χ0v) is 10.5. The lowest BCUT2D eigenvalue weighted by Crippen LogP contribution is -2.30. The number of rotatable bonds is 4. The second kappa shape index (κ2) is 5.34. The number of benzene rings is 2. The predicted octanol–water partition coefficient (Wildman–Crippen LogP) is 3.58. The molecule has 0 heterocycles. The maximum absolute atomic E-state index is 13.3. The Morgan fingerprint density at radius 1 is 1.16 bits per heavy atom. The lowest BCUT2D eigenvalue weighted by Gasteiger charge is -2.13. The summed E-state index contributed by atoms with van der Waals surface area (Å²) in [6.07, 6.45) is -0.412. The molecule has 0 unspecified atom stereocenters. The molecule has 2 nitrogen and oxygen atoms in total. The first kappa shape index (κ1) is 13.5. The van der Waals surface area contributed by atoms with Crippen molar-refractivity contribution in [3.8, 4) is 0 Å². The van der Waals surface area contributed by atoms with Crippen LogP contribution in [0.15, 0.2) is 42.5 Å². The number of alkyl halides is 2. The Labute approximate surface area is 110 Å². The summed E-state index contributed by atoms with van der Waals surface area (Å²) in [4.78, 5) is 10.9. The van der Waals surface area contributed by atoms with Gasteiger partial charge in [0.2, 0.25) is 0 Å². The zero-order chi connectivity index (χ0) is 13.9. The molecule has 2 aromatic carbocycles. The van der Waals surface area contributed by atoms with E-state index in [0.29, 0.717) is 0 Å². The molecule has 0 fully saturated rings. The molecule has 0 aromatic heterocycles. The van der Waals surface area contributed by atoms with Crippen LogP contribution in [0, 0.1) is 0 Å². The van der Waals surface area contributed by atoms with Crippen LogP contribution in [0.5, 0.6) is 0 Å². The molecule has 0 saturated heterocycles. The molecule has 0 spiro atoms. The predicted molar refractivity (Wildman–Crippen MR) is 69.2 cm³/mol. The van der Waals surface area contributed by atoms with Crippen LogP contribution in [0.4, 0.5) is 8.78 Å². The van der Waals surface area contributed by atoms with E-state index in [9.17, 15) is 13.6 Å². The maximum Gasteiger partial charge on any atom is 0.376 e. The van der Waals surface area contributed by atoms with Gasteiger partial charge in [0.05, 0.1) is 7.11 Å². The SMILES string of the molecule is COC(=O)C(F)(F)CCc1ccc2ccccc2c1. The first-order valence-electron chi connectivity index (χ1n) is 5.97. The molecule has 0 bridgehead atoms. The van der Waals surface area contributed by atoms with Crippen molar-refractivity contribution < 1.29 is 18.3 Å². The van der Waals surface area contributed by atoms with Gasteiger partial charge in [0.25, 0.3) is 0 Å². The van der Waals surface area contributed by atoms with Crippen LogP contribution in [0.2, 0.25) is 0 Å². The number of carbonyl (C=O) groups is 1. The van der Waals surface area contributed by atoms with Gasteiger partial charge in [0, 0.05) is 6.42 Å². The Morgan fingerprint density at radius 3 is 2.53 bits per heavy atom. The highest BCUT2D eigenvalue weighted by molar-refractivity contribution is 5.83. The fourth-order valence-electron chi connectivity index (χ4n) is 1.95. The summed E-state index contributed by atoms with van der Waals surface area (Å²) in [7, 11) is 0.965. The van der Waals surface area contributed by atoms with Crippen molar-refractivity contribution in [2.24, 2.45) is 0 Å². The molecular formula is C15H14F2O2. The molecule has 19 heavy (non-hydrogen) atoms. The highest BCUT2D eigenvalue weighted by atomic mass is 19.3. The second-order valence-corrected chi connectivity index (χ2v) is 4.38. The van der Waals surface area contributed by atoms with Crippen molar-refractivity contribution in [3.63, 3.8) is 0 Å². The highest BCUT2D eigenvalue weighted by Gasteiger charge is 2.39. The lowest BCUT2D eigenvalue weighted by atomic mass is 10.0. The van der Waals surface area contributed by atoms with Gasteiger partial charge in [-0.25, -0.2) is 4.79 Å². The number of aryl methyl sites for hydroxylation is 1. The molecule has 2 aromatic rings. The summed E-state index contributed by atoms with van der Waals surface area (Å²) in [5.41, 5.74) is 0.780. The summed E-state index contributed by atoms with van der Waals surface area (Å²) in [6.45, 7) is 0. The molecule has 0 saturated carbocycles. The second-order valence-electron chi connectivity index (χ2n) is 4.38. The molecule has 0 N–H and O–H groups in total. The van der Waals surface area contributed by atoms with Gasteiger partial charge < -0.3 is 4.74 Å². The fraction of sp³-hybridized carbons (Fsp3) is 0.267. The Hall–Kier alpha value is -1.97. The van der Waals surface area contributed by atoms with Crippen molar-refractivity contribution in [2.75, 3.05) is 7.11 Å². The number of ether oxygens (including phenoxy) is 1. The van der Waals surface area contributed by atoms with E-state index >= 15 is 0 Å². The molecule has 100 valence electrons. The molecular weight excluding hydrogens is 250 g/mol. The highest BCUT2D eigenvalue weighted by Crippen LogP contribution is 2.24. The Balaban J connectivity index is 2.12. The van der Waals surface area contributed by atoms with E-state index < -0.39 is 18.3 Å². The Kier molecular flexibility index (Phi) is 3.79. The number of methoxy groups -OCH3 is 1. The summed E-state index contributed by atoms with van der Waals surface area (Å²) in [6, 6.07) is 13.3. The third-order valence-corrected chi connectivity index (χ3v) is 3.03. The summed E-state index contributed by atoms with van der Waals surface area (Å²) < 4.78 is 30.8. The first-order valence-corrected chi connectivity index (χ1v) is 5.97. The third-order valence-electron chi connectivity index (χ3n) is 3.03. The number of fused-ring (bicyclic) bond motifs is 1. The van der Waals surface area contributed by atoms with Gasteiger partial charge in [-0.1, -0.05) is 42.5 Å². The van der Waals surface area contributed by atoms with Crippen molar-refractivity contribution >= 4 is 16.7 Å². The number of hydrogen-bond donors (Lipinski definition) is 0. The Bertz CT molecular complexity index is 593. The van der Waals surface area contributed by atoms with Crippen molar-refractivity contribution in [1.29, 1.82) is 0 Å². The van der Waals surface area contributed by atoms with E-state index in [4.69, 9.17) is 0 Å². The van der Waals surface area contributed by atoms with Gasteiger partial charge in [-0.15, -0.1) is 0 Å². The first-order chi connectivity index (χ1) is 9.03. The van der Waals surface area contributed by atoms with Gasteiger partial charge in [0.1, 0.15) is 0 Å². The molecule has 4 heteroatoms. The van der Waals surface area contributed by atoms with Crippen LogP contribution in [-0.2, 0) is 16.0 Å². The monoisotopic (exact) mass is 264 g/mol. The average molecular weight is 264 g/mol. The molecule has 2 rings (SSSR count). The lowest BCUT2D eigenvalue weighted by molar-refractivity contribution is -0.169. The van der Waals surface area contributed by atoms with E-state index in [1.165, 1.54) is 0 Å². The number of carbonyl (C=O) groups excluding carboxylic acids is 1. The molecule has 0 atom stereocenters. The van der Waals surface area contributed by atoms with Gasteiger partial charge in [-0.3, -0.25) is 0 Å². The van der Waals surface area contributed by atoms with Crippen LogP contribution in [0.25, 0.3) is 10.8 Å². The van der Waals surface area contributed by atoms with Crippen molar-refractivity contribution in [2.45, 2.75) is 18.8 Å². The zero-order valence-electron chi connectivity index (χ0n) is 10.5. The molecule has 0 aliphatic carbocycles. The van der Waals surface area contributed by atoms with Crippen LogP contribution < -0.4 is 0 Å². The average Bonchev–Trinajstić information content (AvgIpc) is 2.44. The van der Waals surface area contributed by atoms with Gasteiger partial charge >= 0.3 is 11.9 Å². The smallest absolute Gasteiger partial charge is 0.376 e. The maximum atomic E-state index is 13.3. The molecule has 0 radical (unpaired) electrons. The third kappa shape index (κ3) is 3.08. The van der Waals surface area contributed by atoms with E-state index in [0.717, 1.165) is 23.4 Å². The fourth-order valence-corrected chi connectivity index (χ4v) is 1.95. The van der Waals surface area contributed by atoms with Crippen LogP contribution >= 0.6 is 0 Å². The normalized spacial score (nSPS) is 11.5. The van der Waals surface area contributed by atoms with Crippen LogP contribution in [-0.4, -0.2) is 19.0 Å². The Morgan fingerprint density at radius 2 is 1.84 bits per heavy atom. The summed E-state index contributed by atoms with van der Waals surface area (Å²) in [5, 5.41) is 2.06. The molecule has 0 amide bonds. The van der Waals surface area contributed by atoms with E-state index in [1.807, 2.05) is 36.4 Å². The number of hydrogen-bond acceptors (Lipinski definition) is 2. The minimum atomic E-state index is -3.43. The van der Waals surface area contributed by atoms with Gasteiger partial charge in [-0.05, 0) is 22.8 Å². The van der Waals surface area contributed by atoms with Gasteiger partial charge in [0.15, 0.2) is 0 Å². The standard InChI is InChI=1S/C15H14F2O2/c1-19-14(18)15(16,17)9-8-11-6-7-12-4-2-3-5-13(12)10-11/h2-7,10H,8-9H2,1H3. The quantitative estimate of drug-likeness (QED) is 0.789.